The summed E-state index contributed by atoms with van der Waals surface area (Å²) >= 11 is 0. The van der Waals surface area contributed by atoms with Crippen LogP contribution in [0, 0.1) is 22.7 Å². The molecule has 2 heterocycles. The molecule has 2 heteroatoms. The van der Waals surface area contributed by atoms with Crippen LogP contribution in [0.2, 0.25) is 0 Å². The number of nitrogens with zero attached hydrogens (tertiary/aromatic N) is 2. The maximum atomic E-state index is 2.71. The Morgan fingerprint density at radius 2 is 0.844 bits per heavy atom. The summed E-state index contributed by atoms with van der Waals surface area (Å²) in [7, 11) is 0. The molecule has 64 heavy (non-hydrogen) atoms. The van der Waals surface area contributed by atoms with Gasteiger partial charge in [-0.3, -0.25) is 0 Å². The third kappa shape index (κ3) is 5.82. The van der Waals surface area contributed by atoms with Crippen LogP contribution in [0.25, 0.3) is 54.6 Å². The number of rotatable bonds is 4. The first-order valence-corrected chi connectivity index (χ1v) is 24.4. The van der Waals surface area contributed by atoms with Gasteiger partial charge in [0.05, 0.1) is 0 Å². The van der Waals surface area contributed by atoms with Crippen molar-refractivity contribution in [2.45, 2.75) is 117 Å². The first kappa shape index (κ1) is 40.0. The van der Waals surface area contributed by atoms with Gasteiger partial charge in [-0.1, -0.05) is 139 Å². The molecule has 322 valence electrons. The summed E-state index contributed by atoms with van der Waals surface area (Å²) in [4.78, 5) is 5.41. The summed E-state index contributed by atoms with van der Waals surface area (Å²) < 4.78 is 0. The third-order valence-corrected chi connectivity index (χ3v) is 17.6. The summed E-state index contributed by atoms with van der Waals surface area (Å²) in [5.74, 6) is 2.34. The average molecular weight is 837 g/mol. The molecule has 0 N–H and O–H groups in total. The van der Waals surface area contributed by atoms with Crippen molar-refractivity contribution in [2.75, 3.05) is 9.80 Å². The van der Waals surface area contributed by atoms with Crippen molar-refractivity contribution in [3.05, 3.63) is 157 Å². The first-order valence-electron chi connectivity index (χ1n) is 24.4. The van der Waals surface area contributed by atoms with Crippen LogP contribution in [0.15, 0.2) is 146 Å². The lowest BCUT2D eigenvalue weighted by Crippen LogP contribution is -2.48. The topological polar surface area (TPSA) is 6.48 Å². The van der Waals surface area contributed by atoms with Crippen LogP contribution < -0.4 is 9.80 Å². The monoisotopic (exact) mass is 837 g/mol. The second kappa shape index (κ2) is 14.0. The summed E-state index contributed by atoms with van der Waals surface area (Å²) in [6.45, 7) is 19.8. The molecule has 2 saturated carbocycles. The highest BCUT2D eigenvalue weighted by Gasteiger charge is 2.54. The molecule has 6 unspecified atom stereocenters. The quantitative estimate of drug-likeness (QED) is 0.163. The Labute approximate surface area is 381 Å². The zero-order valence-electron chi connectivity index (χ0n) is 39.3. The molecular weight excluding hydrogens is 773 g/mol. The van der Waals surface area contributed by atoms with Crippen molar-refractivity contribution in [1.29, 1.82) is 0 Å². The fraction of sp³-hybridized carbons (Fsp3) is 0.355. The predicted molar refractivity (Wildman–Crippen MR) is 274 cm³/mol. The van der Waals surface area contributed by atoms with E-state index < -0.39 is 0 Å². The molecule has 6 atom stereocenters. The molecule has 8 aromatic rings. The van der Waals surface area contributed by atoms with Crippen LogP contribution in [-0.2, 0) is 0 Å². The Hall–Kier alpha value is -5.60. The van der Waals surface area contributed by atoms with E-state index in [2.05, 4.69) is 211 Å². The Morgan fingerprint density at radius 1 is 0.453 bits per heavy atom. The minimum atomic E-state index is 0.0460. The number of para-hydroxylation sites is 2. The normalized spacial score (nSPS) is 25.5. The van der Waals surface area contributed by atoms with Crippen LogP contribution in [0.5, 0.6) is 0 Å². The molecule has 0 spiro atoms. The maximum Gasteiger partial charge on any atom is 0.0492 e. The number of fused-ring (bicyclic) bond motifs is 6. The van der Waals surface area contributed by atoms with Crippen molar-refractivity contribution in [3.8, 4) is 22.3 Å². The molecule has 2 aliphatic heterocycles. The Balaban J connectivity index is 0.989. The van der Waals surface area contributed by atoms with Gasteiger partial charge in [0.25, 0.3) is 0 Å². The molecular formula is C62H64N2. The molecule has 0 aromatic heterocycles. The smallest absolute Gasteiger partial charge is 0.0492 e. The lowest BCUT2D eigenvalue weighted by Gasteiger charge is -2.49. The average Bonchev–Trinajstić information content (AvgIpc) is 3.71. The molecule has 4 aliphatic rings. The van der Waals surface area contributed by atoms with E-state index >= 15 is 0 Å². The van der Waals surface area contributed by atoms with E-state index in [0.717, 1.165) is 0 Å². The van der Waals surface area contributed by atoms with E-state index in [4.69, 9.17) is 0 Å². The number of benzene rings is 8. The molecule has 0 amide bonds. The van der Waals surface area contributed by atoms with Gasteiger partial charge in [0.1, 0.15) is 0 Å². The second-order valence-corrected chi connectivity index (χ2v) is 23.0. The summed E-state index contributed by atoms with van der Waals surface area (Å²) in [6, 6.07) is 56.5. The zero-order valence-corrected chi connectivity index (χ0v) is 39.3. The summed E-state index contributed by atoms with van der Waals surface area (Å²) in [5, 5.41) is 8.11. The van der Waals surface area contributed by atoms with Gasteiger partial charge >= 0.3 is 0 Å². The van der Waals surface area contributed by atoms with Crippen molar-refractivity contribution >= 4 is 55.1 Å². The van der Waals surface area contributed by atoms with E-state index in [1.54, 1.807) is 0 Å². The van der Waals surface area contributed by atoms with Crippen LogP contribution in [0.3, 0.4) is 0 Å². The lowest BCUT2D eigenvalue weighted by molar-refractivity contribution is 0.127. The SMILES string of the molecule is CC(C)(C)C1CCC2(C)C(C1)c1cc(-c3ccc4ccc5c(-c6ccc7c(c6)C6CC(C(C)(C)C)CCC6(C)N7c6ccccc6)ccc6ccc3c4c65)ccc1N2c1ccccc1. The van der Waals surface area contributed by atoms with Crippen LogP contribution >= 0.6 is 0 Å². The molecule has 12 rings (SSSR count). The van der Waals surface area contributed by atoms with Gasteiger partial charge in [0, 0.05) is 45.7 Å². The van der Waals surface area contributed by atoms with Crippen LogP contribution in [0.4, 0.5) is 22.7 Å². The lowest BCUT2D eigenvalue weighted by atomic mass is 9.62. The highest BCUT2D eigenvalue weighted by atomic mass is 15.2. The first-order chi connectivity index (χ1) is 30.7. The molecule has 0 saturated heterocycles. The van der Waals surface area contributed by atoms with E-state index in [1.165, 1.54) is 127 Å². The van der Waals surface area contributed by atoms with E-state index in [-0.39, 0.29) is 21.9 Å². The van der Waals surface area contributed by atoms with E-state index in [1.807, 2.05) is 0 Å². The maximum absolute atomic E-state index is 2.71. The van der Waals surface area contributed by atoms with Gasteiger partial charge < -0.3 is 9.80 Å². The Kier molecular flexibility index (Phi) is 8.71. The largest absolute Gasteiger partial charge is 0.335 e. The molecule has 2 fully saturated rings. The fourth-order valence-corrected chi connectivity index (χ4v) is 13.9. The zero-order chi connectivity index (χ0) is 43.9. The molecule has 0 radical (unpaired) electrons. The van der Waals surface area contributed by atoms with Gasteiger partial charge in [-0.05, 0) is 189 Å². The van der Waals surface area contributed by atoms with Crippen molar-refractivity contribution in [2.24, 2.45) is 22.7 Å². The van der Waals surface area contributed by atoms with Crippen LogP contribution in [0.1, 0.15) is 117 Å². The fourth-order valence-electron chi connectivity index (χ4n) is 13.9. The standard InChI is InChI=1S/C62H64N2/c1-59(2,3)43-31-33-61(7)53(37-43)51-35-41(23-29-55(51)63(61)45-15-11-9-12-16-45)47-25-19-39-22-28-50-48(26-20-40-21-27-49(47)57(39)58(40)50)42-24-30-56-52(36-42)54-38-44(60(4,5)6)32-34-62(54,8)64(56)46-17-13-10-14-18-46/h9-30,35-36,43-44,53-54H,31-34,37-38H2,1-8H3. The highest BCUT2D eigenvalue weighted by Crippen LogP contribution is 2.62. The number of hydrogen-bond donors (Lipinski definition) is 0. The van der Waals surface area contributed by atoms with Gasteiger partial charge in [0.15, 0.2) is 0 Å². The molecule has 2 aliphatic carbocycles. The molecule has 0 bridgehead atoms. The van der Waals surface area contributed by atoms with Crippen LogP contribution in [-0.4, -0.2) is 11.1 Å². The Bertz CT molecular complexity index is 2880. The second-order valence-electron chi connectivity index (χ2n) is 23.0. The summed E-state index contributed by atoms with van der Waals surface area (Å²) in [6.07, 6.45) is 7.40. The van der Waals surface area contributed by atoms with Crippen molar-refractivity contribution in [1.82, 2.24) is 0 Å². The highest BCUT2D eigenvalue weighted by molar-refractivity contribution is 6.27. The predicted octanol–water partition coefficient (Wildman–Crippen LogP) is 17.6. The van der Waals surface area contributed by atoms with E-state index in [9.17, 15) is 0 Å². The minimum Gasteiger partial charge on any atom is -0.335 e. The molecule has 2 nitrogen and oxygen atoms in total. The van der Waals surface area contributed by atoms with E-state index in [0.29, 0.717) is 23.7 Å². The van der Waals surface area contributed by atoms with Gasteiger partial charge in [0.2, 0.25) is 0 Å². The van der Waals surface area contributed by atoms with Crippen molar-refractivity contribution in [3.63, 3.8) is 0 Å². The third-order valence-electron chi connectivity index (χ3n) is 17.6. The summed E-state index contributed by atoms with van der Waals surface area (Å²) in [5.41, 5.74) is 14.5. The molecule has 8 aromatic carbocycles. The van der Waals surface area contributed by atoms with Gasteiger partial charge in [-0.2, -0.15) is 0 Å². The van der Waals surface area contributed by atoms with Crippen molar-refractivity contribution < 1.29 is 0 Å². The van der Waals surface area contributed by atoms with Gasteiger partial charge in [-0.15, -0.1) is 0 Å². The van der Waals surface area contributed by atoms with Gasteiger partial charge in [-0.25, -0.2) is 0 Å². The number of hydrogen-bond acceptors (Lipinski definition) is 2. The minimum absolute atomic E-state index is 0.0460. The Morgan fingerprint density at radius 3 is 1.23 bits per heavy atom. The number of anilines is 4.